The first-order valence-electron chi connectivity index (χ1n) is 6.68. The first kappa shape index (κ1) is 15.4. The van der Waals surface area contributed by atoms with Crippen LogP contribution in [0.2, 0.25) is 5.02 Å². The fraction of sp³-hybridized carbons (Fsp3) is 0.294. The van der Waals surface area contributed by atoms with Gasteiger partial charge in [0.05, 0.1) is 5.69 Å². The largest absolute Gasteiger partial charge is 0.378 e. The van der Waals surface area contributed by atoms with Crippen LogP contribution in [0.5, 0.6) is 0 Å². The predicted octanol–water partition coefficient (Wildman–Crippen LogP) is 6.20. The zero-order valence-corrected chi connectivity index (χ0v) is 14.6. The number of rotatable bonds is 3. The van der Waals surface area contributed by atoms with Crippen molar-refractivity contribution in [1.29, 1.82) is 0 Å². The molecular formula is C17H19BrClN. The Morgan fingerprint density at radius 2 is 1.75 bits per heavy atom. The van der Waals surface area contributed by atoms with Crippen molar-refractivity contribution in [3.8, 4) is 0 Å². The summed E-state index contributed by atoms with van der Waals surface area (Å²) in [5.74, 6) is 0. The molecule has 2 rings (SSSR count). The van der Waals surface area contributed by atoms with Gasteiger partial charge in [-0.05, 0) is 72.4 Å². The molecule has 0 heterocycles. The molecular weight excluding hydrogens is 334 g/mol. The molecule has 2 aromatic carbocycles. The Labute approximate surface area is 134 Å². The first-order valence-corrected chi connectivity index (χ1v) is 7.85. The number of hydrogen-bond donors (Lipinski definition) is 1. The van der Waals surface area contributed by atoms with Gasteiger partial charge in [-0.2, -0.15) is 0 Å². The molecule has 2 aromatic rings. The molecule has 0 bridgehead atoms. The van der Waals surface area contributed by atoms with Crippen LogP contribution >= 0.6 is 27.5 Å². The van der Waals surface area contributed by atoms with E-state index in [0.717, 1.165) is 20.7 Å². The van der Waals surface area contributed by atoms with E-state index in [1.165, 1.54) is 16.7 Å². The highest BCUT2D eigenvalue weighted by Crippen LogP contribution is 2.32. The van der Waals surface area contributed by atoms with Crippen molar-refractivity contribution in [2.24, 2.45) is 0 Å². The Balaban J connectivity index is 2.27. The normalized spacial score (nSPS) is 12.3. The second-order valence-electron chi connectivity index (χ2n) is 5.31. The molecule has 0 radical (unpaired) electrons. The number of benzene rings is 2. The van der Waals surface area contributed by atoms with Crippen LogP contribution in [0.25, 0.3) is 0 Å². The summed E-state index contributed by atoms with van der Waals surface area (Å²) >= 11 is 9.80. The van der Waals surface area contributed by atoms with Gasteiger partial charge in [0, 0.05) is 15.5 Å². The predicted molar refractivity (Wildman–Crippen MR) is 91.8 cm³/mol. The highest BCUT2D eigenvalue weighted by Gasteiger charge is 2.11. The molecule has 3 heteroatoms. The molecule has 0 aliphatic rings. The Morgan fingerprint density at radius 1 is 1.05 bits per heavy atom. The minimum atomic E-state index is 0.227. The van der Waals surface area contributed by atoms with E-state index in [2.05, 4.69) is 60.2 Å². The average Bonchev–Trinajstić information content (AvgIpc) is 2.35. The fourth-order valence-electron chi connectivity index (χ4n) is 2.38. The Bertz CT molecular complexity index is 637. The molecule has 0 saturated carbocycles. The lowest BCUT2D eigenvalue weighted by Crippen LogP contribution is -2.09. The third-order valence-electron chi connectivity index (χ3n) is 3.51. The summed E-state index contributed by atoms with van der Waals surface area (Å²) in [6.45, 7) is 8.44. The molecule has 106 valence electrons. The van der Waals surface area contributed by atoms with Crippen molar-refractivity contribution in [2.45, 2.75) is 33.7 Å². The van der Waals surface area contributed by atoms with Gasteiger partial charge in [0.2, 0.25) is 0 Å². The van der Waals surface area contributed by atoms with Crippen molar-refractivity contribution >= 4 is 33.2 Å². The smallest absolute Gasteiger partial charge is 0.0504 e. The van der Waals surface area contributed by atoms with Gasteiger partial charge >= 0.3 is 0 Å². The number of anilines is 1. The van der Waals surface area contributed by atoms with E-state index in [-0.39, 0.29) is 6.04 Å². The summed E-state index contributed by atoms with van der Waals surface area (Å²) in [7, 11) is 0. The van der Waals surface area contributed by atoms with Gasteiger partial charge in [0.25, 0.3) is 0 Å². The molecule has 0 amide bonds. The number of nitrogens with one attached hydrogen (secondary N) is 1. The van der Waals surface area contributed by atoms with Gasteiger partial charge in [-0.15, -0.1) is 0 Å². The van der Waals surface area contributed by atoms with Crippen LogP contribution in [0.3, 0.4) is 0 Å². The van der Waals surface area contributed by atoms with E-state index >= 15 is 0 Å². The first-order chi connectivity index (χ1) is 9.38. The Hall–Kier alpha value is -0.990. The van der Waals surface area contributed by atoms with Gasteiger partial charge in [0.15, 0.2) is 0 Å². The second-order valence-corrected chi connectivity index (χ2v) is 6.57. The molecule has 0 aliphatic carbocycles. The van der Waals surface area contributed by atoms with Crippen LogP contribution in [0.15, 0.2) is 34.8 Å². The van der Waals surface area contributed by atoms with Crippen LogP contribution in [0.1, 0.15) is 35.2 Å². The Morgan fingerprint density at radius 3 is 2.40 bits per heavy atom. The average molecular weight is 353 g/mol. The van der Waals surface area contributed by atoms with Crippen LogP contribution in [0, 0.1) is 20.8 Å². The fourth-order valence-corrected chi connectivity index (χ4v) is 3.12. The van der Waals surface area contributed by atoms with Crippen molar-refractivity contribution in [3.05, 3.63) is 62.1 Å². The summed E-state index contributed by atoms with van der Waals surface area (Å²) in [6.07, 6.45) is 0. The topological polar surface area (TPSA) is 12.0 Å². The minimum absolute atomic E-state index is 0.227. The van der Waals surface area contributed by atoms with Crippen LogP contribution < -0.4 is 5.32 Å². The van der Waals surface area contributed by atoms with Gasteiger partial charge in [0.1, 0.15) is 0 Å². The lowest BCUT2D eigenvalue weighted by atomic mass is 10.00. The standard InChI is InChI=1S/C17H19BrClN/c1-10-5-6-14(11(2)7-10)13(4)20-17-9-16(19)12(3)8-15(17)18/h5-9,13,20H,1-4H3. The number of hydrogen-bond acceptors (Lipinski definition) is 1. The monoisotopic (exact) mass is 351 g/mol. The van der Waals surface area contributed by atoms with E-state index in [1.807, 2.05) is 19.1 Å². The summed E-state index contributed by atoms with van der Waals surface area (Å²) < 4.78 is 1.04. The molecule has 1 atom stereocenters. The van der Waals surface area contributed by atoms with Crippen molar-refractivity contribution in [2.75, 3.05) is 5.32 Å². The Kier molecular flexibility index (Phi) is 4.77. The highest BCUT2D eigenvalue weighted by molar-refractivity contribution is 9.10. The van der Waals surface area contributed by atoms with Gasteiger partial charge in [-0.1, -0.05) is 35.4 Å². The summed E-state index contributed by atoms with van der Waals surface area (Å²) in [4.78, 5) is 0. The van der Waals surface area contributed by atoms with E-state index in [1.54, 1.807) is 0 Å². The highest BCUT2D eigenvalue weighted by atomic mass is 79.9. The van der Waals surface area contributed by atoms with Gasteiger partial charge < -0.3 is 5.32 Å². The zero-order chi connectivity index (χ0) is 14.9. The molecule has 20 heavy (non-hydrogen) atoms. The minimum Gasteiger partial charge on any atom is -0.378 e. The van der Waals surface area contributed by atoms with E-state index in [4.69, 9.17) is 11.6 Å². The van der Waals surface area contributed by atoms with E-state index in [0.29, 0.717) is 0 Å². The molecule has 0 spiro atoms. The number of halogens is 2. The van der Waals surface area contributed by atoms with Crippen molar-refractivity contribution < 1.29 is 0 Å². The quantitative estimate of drug-likeness (QED) is 0.693. The lowest BCUT2D eigenvalue weighted by molar-refractivity contribution is 0.872. The molecule has 1 nitrogen and oxygen atoms in total. The van der Waals surface area contributed by atoms with Crippen LogP contribution in [-0.2, 0) is 0 Å². The summed E-state index contributed by atoms with van der Waals surface area (Å²) in [6, 6.07) is 10.8. The molecule has 0 aliphatic heterocycles. The molecule has 1 N–H and O–H groups in total. The third-order valence-corrected chi connectivity index (χ3v) is 4.58. The SMILES string of the molecule is Cc1ccc(C(C)Nc2cc(Cl)c(C)cc2Br)c(C)c1. The van der Waals surface area contributed by atoms with Gasteiger partial charge in [-0.3, -0.25) is 0 Å². The van der Waals surface area contributed by atoms with Crippen molar-refractivity contribution in [3.63, 3.8) is 0 Å². The molecule has 1 unspecified atom stereocenters. The second kappa shape index (κ2) is 6.19. The zero-order valence-electron chi connectivity index (χ0n) is 12.2. The van der Waals surface area contributed by atoms with E-state index < -0.39 is 0 Å². The maximum absolute atomic E-state index is 6.21. The number of aryl methyl sites for hydroxylation is 3. The lowest BCUT2D eigenvalue weighted by Gasteiger charge is -2.20. The van der Waals surface area contributed by atoms with Crippen LogP contribution in [-0.4, -0.2) is 0 Å². The summed E-state index contributed by atoms with van der Waals surface area (Å²) in [5.41, 5.74) is 5.99. The molecule has 0 fully saturated rings. The molecule has 0 saturated heterocycles. The molecule has 0 aromatic heterocycles. The maximum atomic E-state index is 6.21. The maximum Gasteiger partial charge on any atom is 0.0504 e. The van der Waals surface area contributed by atoms with Gasteiger partial charge in [-0.25, -0.2) is 0 Å². The van der Waals surface area contributed by atoms with E-state index in [9.17, 15) is 0 Å². The summed E-state index contributed by atoms with van der Waals surface area (Å²) in [5, 5.41) is 4.30. The van der Waals surface area contributed by atoms with Crippen LogP contribution in [0.4, 0.5) is 5.69 Å². The van der Waals surface area contributed by atoms with Crippen molar-refractivity contribution in [1.82, 2.24) is 0 Å². The third kappa shape index (κ3) is 3.36.